The van der Waals surface area contributed by atoms with Gasteiger partial charge in [0, 0.05) is 24.8 Å². The van der Waals surface area contributed by atoms with Gasteiger partial charge < -0.3 is 15.0 Å². The summed E-state index contributed by atoms with van der Waals surface area (Å²) in [5.74, 6) is 1.40. The lowest BCUT2D eigenvalue weighted by Gasteiger charge is -2.26. The van der Waals surface area contributed by atoms with E-state index in [0.29, 0.717) is 12.5 Å². The molecule has 0 unspecified atom stereocenters. The van der Waals surface area contributed by atoms with Crippen molar-refractivity contribution in [3.05, 3.63) is 59.8 Å². The third-order valence-corrected chi connectivity index (χ3v) is 4.57. The third-order valence-electron chi connectivity index (χ3n) is 4.57. The smallest absolute Gasteiger partial charge is 0.410 e. The van der Waals surface area contributed by atoms with Crippen molar-refractivity contribution in [2.45, 2.75) is 39.3 Å². The van der Waals surface area contributed by atoms with Gasteiger partial charge >= 0.3 is 6.09 Å². The zero-order valence-electron chi connectivity index (χ0n) is 15.5. The minimum atomic E-state index is -0.255. The monoisotopic (exact) mass is 353 g/mol. The molecule has 1 aliphatic heterocycles. The Morgan fingerprint density at radius 2 is 2.08 bits per heavy atom. The van der Waals surface area contributed by atoms with E-state index in [2.05, 4.69) is 30.2 Å². The van der Waals surface area contributed by atoms with Crippen LogP contribution in [0.25, 0.3) is 0 Å². The van der Waals surface area contributed by atoms with Gasteiger partial charge in [-0.15, -0.1) is 0 Å². The predicted molar refractivity (Wildman–Crippen MR) is 103 cm³/mol. The number of likely N-dealkylation sites (tertiary alicyclic amines) is 1. The molecule has 2 aromatic rings. The van der Waals surface area contributed by atoms with Crippen molar-refractivity contribution in [2.75, 3.05) is 18.4 Å². The Balaban J connectivity index is 1.69. The van der Waals surface area contributed by atoms with Gasteiger partial charge in [-0.3, -0.25) is 0 Å². The molecular weight excluding hydrogens is 326 g/mol. The molecule has 3 rings (SSSR count). The summed E-state index contributed by atoms with van der Waals surface area (Å²) in [7, 11) is 0. The molecule has 138 valence electrons. The molecule has 1 saturated heterocycles. The van der Waals surface area contributed by atoms with E-state index in [4.69, 9.17) is 4.74 Å². The van der Waals surface area contributed by atoms with Crippen LogP contribution in [0, 0.1) is 5.92 Å². The second kappa shape index (κ2) is 8.70. The Bertz CT molecular complexity index is 718. The number of nitrogens with one attached hydrogen (secondary N) is 1. The predicted octanol–water partition coefficient (Wildman–Crippen LogP) is 4.62. The average molecular weight is 353 g/mol. The summed E-state index contributed by atoms with van der Waals surface area (Å²) in [5, 5.41) is 3.42. The fraction of sp³-hybridized carbons (Fsp3) is 0.429. The first-order chi connectivity index (χ1) is 12.6. The zero-order chi connectivity index (χ0) is 18.4. The number of nitrogens with zero attached hydrogens (tertiary/aromatic N) is 2. The topological polar surface area (TPSA) is 54.5 Å². The first-order valence-electron chi connectivity index (χ1n) is 9.31. The molecule has 1 atom stereocenters. The molecule has 0 saturated carbocycles. The Labute approximate surface area is 155 Å². The highest BCUT2D eigenvalue weighted by atomic mass is 16.6. The SMILES string of the molecule is CC(C)CNc1ncccc1[C@H]1CCCN1C(=O)OCc1ccccc1. The summed E-state index contributed by atoms with van der Waals surface area (Å²) in [6.45, 7) is 6.21. The molecule has 2 heterocycles. The van der Waals surface area contributed by atoms with Crippen LogP contribution in [0.3, 0.4) is 0 Å². The molecule has 5 heteroatoms. The number of carbonyl (C=O) groups excluding carboxylic acids is 1. The van der Waals surface area contributed by atoms with Gasteiger partial charge in [0.2, 0.25) is 0 Å². The molecule has 1 aliphatic rings. The molecule has 1 fully saturated rings. The van der Waals surface area contributed by atoms with Gasteiger partial charge in [0.15, 0.2) is 0 Å². The third kappa shape index (κ3) is 4.54. The number of hydrogen-bond acceptors (Lipinski definition) is 4. The van der Waals surface area contributed by atoms with Gasteiger partial charge in [0.05, 0.1) is 6.04 Å². The van der Waals surface area contributed by atoms with Crippen molar-refractivity contribution < 1.29 is 9.53 Å². The Kier molecular flexibility index (Phi) is 6.10. The summed E-state index contributed by atoms with van der Waals surface area (Å²) in [4.78, 5) is 19.0. The molecule has 1 aromatic heterocycles. The van der Waals surface area contributed by atoms with Crippen LogP contribution < -0.4 is 5.32 Å². The summed E-state index contributed by atoms with van der Waals surface area (Å²) in [6, 6.07) is 13.8. The van der Waals surface area contributed by atoms with Crippen LogP contribution in [0.5, 0.6) is 0 Å². The lowest BCUT2D eigenvalue weighted by Crippen LogP contribution is -2.31. The minimum Gasteiger partial charge on any atom is -0.445 e. The maximum absolute atomic E-state index is 12.6. The fourth-order valence-corrected chi connectivity index (χ4v) is 3.25. The van der Waals surface area contributed by atoms with E-state index in [9.17, 15) is 4.79 Å². The van der Waals surface area contributed by atoms with Crippen molar-refractivity contribution in [1.82, 2.24) is 9.88 Å². The number of carbonyl (C=O) groups is 1. The van der Waals surface area contributed by atoms with Gasteiger partial charge in [0.25, 0.3) is 0 Å². The van der Waals surface area contributed by atoms with E-state index >= 15 is 0 Å². The summed E-state index contributed by atoms with van der Waals surface area (Å²) >= 11 is 0. The van der Waals surface area contributed by atoms with E-state index in [1.807, 2.05) is 41.3 Å². The highest BCUT2D eigenvalue weighted by Gasteiger charge is 2.32. The molecule has 5 nitrogen and oxygen atoms in total. The molecule has 0 spiro atoms. The van der Waals surface area contributed by atoms with Crippen molar-refractivity contribution >= 4 is 11.9 Å². The van der Waals surface area contributed by atoms with E-state index in [1.54, 1.807) is 6.20 Å². The van der Waals surface area contributed by atoms with Gasteiger partial charge in [-0.25, -0.2) is 9.78 Å². The normalized spacial score (nSPS) is 16.7. The number of anilines is 1. The van der Waals surface area contributed by atoms with Gasteiger partial charge in [0.1, 0.15) is 12.4 Å². The van der Waals surface area contributed by atoms with Crippen molar-refractivity contribution in [1.29, 1.82) is 0 Å². The van der Waals surface area contributed by atoms with Gasteiger partial charge in [-0.1, -0.05) is 50.2 Å². The number of hydrogen-bond donors (Lipinski definition) is 1. The number of pyridine rings is 1. The second-order valence-corrected chi connectivity index (χ2v) is 7.11. The highest BCUT2D eigenvalue weighted by Crippen LogP contribution is 2.35. The van der Waals surface area contributed by atoms with Crippen LogP contribution in [0.15, 0.2) is 48.7 Å². The number of rotatable bonds is 6. The van der Waals surface area contributed by atoms with Crippen LogP contribution in [0.1, 0.15) is 43.9 Å². The van der Waals surface area contributed by atoms with E-state index < -0.39 is 0 Å². The van der Waals surface area contributed by atoms with Crippen LogP contribution in [0.4, 0.5) is 10.6 Å². The molecule has 26 heavy (non-hydrogen) atoms. The number of ether oxygens (including phenoxy) is 1. The first kappa shape index (κ1) is 18.2. The molecule has 0 radical (unpaired) electrons. The number of aromatic nitrogens is 1. The number of amides is 1. The maximum atomic E-state index is 12.6. The van der Waals surface area contributed by atoms with E-state index in [1.165, 1.54) is 0 Å². The van der Waals surface area contributed by atoms with E-state index in [-0.39, 0.29) is 12.1 Å². The van der Waals surface area contributed by atoms with E-state index in [0.717, 1.165) is 42.9 Å². The Hall–Kier alpha value is -2.56. The second-order valence-electron chi connectivity index (χ2n) is 7.11. The standard InChI is InChI=1S/C21H27N3O2/c1-16(2)14-23-20-18(10-6-12-22-20)19-11-7-13-24(19)21(25)26-15-17-8-4-3-5-9-17/h3-6,8-10,12,16,19H,7,11,13-15H2,1-2H3,(H,22,23)/t19-/m1/s1. The quantitative estimate of drug-likeness (QED) is 0.823. The first-order valence-corrected chi connectivity index (χ1v) is 9.31. The summed E-state index contributed by atoms with van der Waals surface area (Å²) in [5.41, 5.74) is 2.07. The molecule has 1 amide bonds. The minimum absolute atomic E-state index is 0.0154. The largest absolute Gasteiger partial charge is 0.445 e. The summed E-state index contributed by atoms with van der Waals surface area (Å²) in [6.07, 6.45) is 3.45. The van der Waals surface area contributed by atoms with Crippen LogP contribution >= 0.6 is 0 Å². The lowest BCUT2D eigenvalue weighted by atomic mass is 10.1. The molecule has 1 N–H and O–H groups in total. The fourth-order valence-electron chi connectivity index (χ4n) is 3.25. The van der Waals surface area contributed by atoms with Crippen molar-refractivity contribution in [2.24, 2.45) is 5.92 Å². The Morgan fingerprint density at radius 3 is 2.85 bits per heavy atom. The lowest BCUT2D eigenvalue weighted by molar-refractivity contribution is 0.0921. The van der Waals surface area contributed by atoms with Crippen LogP contribution in [0.2, 0.25) is 0 Å². The van der Waals surface area contributed by atoms with Crippen LogP contribution in [-0.2, 0) is 11.3 Å². The van der Waals surface area contributed by atoms with Gasteiger partial charge in [-0.2, -0.15) is 0 Å². The zero-order valence-corrected chi connectivity index (χ0v) is 15.5. The van der Waals surface area contributed by atoms with Crippen molar-refractivity contribution in [3.63, 3.8) is 0 Å². The maximum Gasteiger partial charge on any atom is 0.410 e. The van der Waals surface area contributed by atoms with Crippen molar-refractivity contribution in [3.8, 4) is 0 Å². The summed E-state index contributed by atoms with van der Waals surface area (Å²) < 4.78 is 5.55. The number of benzene rings is 1. The average Bonchev–Trinajstić information content (AvgIpc) is 3.15. The van der Waals surface area contributed by atoms with Crippen LogP contribution in [-0.4, -0.2) is 29.1 Å². The van der Waals surface area contributed by atoms with Gasteiger partial charge in [-0.05, 0) is 30.4 Å². The highest BCUT2D eigenvalue weighted by molar-refractivity contribution is 5.69. The molecule has 0 bridgehead atoms. The molecule has 1 aromatic carbocycles. The molecular formula is C21H27N3O2. The Morgan fingerprint density at radius 1 is 1.27 bits per heavy atom. The molecule has 0 aliphatic carbocycles.